The van der Waals surface area contributed by atoms with E-state index in [1.54, 1.807) is 7.11 Å². The molecule has 1 aromatic rings. The second kappa shape index (κ2) is 4.34. The molecule has 0 fully saturated rings. The molecular formula is C8H15N3O2. The molecule has 1 heterocycles. The topological polar surface area (TPSA) is 74.2 Å². The van der Waals surface area contributed by atoms with Gasteiger partial charge in [0, 0.05) is 19.6 Å². The summed E-state index contributed by atoms with van der Waals surface area (Å²) in [6, 6.07) is 0.0447. The molecule has 0 aliphatic carbocycles. The summed E-state index contributed by atoms with van der Waals surface area (Å²) in [6.07, 6.45) is 0.467. The van der Waals surface area contributed by atoms with Gasteiger partial charge in [0.2, 0.25) is 0 Å². The smallest absolute Gasteiger partial charge is 0.255 e. The van der Waals surface area contributed by atoms with Crippen molar-refractivity contribution in [3.05, 3.63) is 11.7 Å². The molecule has 74 valence electrons. The third-order valence-electron chi connectivity index (χ3n) is 1.69. The van der Waals surface area contributed by atoms with Crippen molar-refractivity contribution in [2.45, 2.75) is 32.4 Å². The minimum atomic E-state index is -0.158. The standard InChI is InChI=1S/C8H15N3O2/c1-5(9)4-7-10-8(13-11-7)6(2)12-3/h5-6H,4,9H2,1-3H3. The van der Waals surface area contributed by atoms with E-state index in [9.17, 15) is 0 Å². The fraction of sp³-hybridized carbons (Fsp3) is 0.750. The minimum absolute atomic E-state index is 0.0447. The Kier molecular flexibility index (Phi) is 3.39. The van der Waals surface area contributed by atoms with E-state index in [0.29, 0.717) is 18.1 Å². The Hall–Kier alpha value is -0.940. The molecule has 5 nitrogen and oxygen atoms in total. The molecule has 0 aliphatic rings. The van der Waals surface area contributed by atoms with Crippen LogP contribution in [0.25, 0.3) is 0 Å². The molecule has 0 spiro atoms. The summed E-state index contributed by atoms with van der Waals surface area (Å²) in [5.74, 6) is 1.13. The first-order valence-corrected chi connectivity index (χ1v) is 4.24. The minimum Gasteiger partial charge on any atom is -0.372 e. The van der Waals surface area contributed by atoms with Gasteiger partial charge >= 0.3 is 0 Å². The van der Waals surface area contributed by atoms with Crippen LogP contribution in [0.2, 0.25) is 0 Å². The third kappa shape index (κ3) is 2.78. The van der Waals surface area contributed by atoms with Crippen LogP contribution in [0.4, 0.5) is 0 Å². The van der Waals surface area contributed by atoms with Crippen LogP contribution in [-0.2, 0) is 11.2 Å². The van der Waals surface area contributed by atoms with Gasteiger partial charge in [-0.3, -0.25) is 0 Å². The molecule has 1 rings (SSSR count). The molecule has 0 bridgehead atoms. The fourth-order valence-electron chi connectivity index (χ4n) is 0.904. The van der Waals surface area contributed by atoms with Gasteiger partial charge in [0.1, 0.15) is 6.10 Å². The molecule has 0 saturated carbocycles. The van der Waals surface area contributed by atoms with Crippen LogP contribution in [0.15, 0.2) is 4.52 Å². The number of methoxy groups -OCH3 is 1. The van der Waals surface area contributed by atoms with Gasteiger partial charge in [0.05, 0.1) is 0 Å². The van der Waals surface area contributed by atoms with E-state index >= 15 is 0 Å². The maximum Gasteiger partial charge on any atom is 0.255 e. The predicted molar refractivity (Wildman–Crippen MR) is 47.1 cm³/mol. The Morgan fingerprint density at radius 1 is 1.54 bits per heavy atom. The summed E-state index contributed by atoms with van der Waals surface area (Å²) in [7, 11) is 1.60. The van der Waals surface area contributed by atoms with Crippen molar-refractivity contribution in [3.63, 3.8) is 0 Å². The summed E-state index contributed by atoms with van der Waals surface area (Å²) >= 11 is 0. The zero-order valence-corrected chi connectivity index (χ0v) is 8.15. The molecule has 0 saturated heterocycles. The van der Waals surface area contributed by atoms with Crippen molar-refractivity contribution in [2.75, 3.05) is 7.11 Å². The summed E-state index contributed by atoms with van der Waals surface area (Å²) in [4.78, 5) is 4.14. The number of aromatic nitrogens is 2. The van der Waals surface area contributed by atoms with Gasteiger partial charge in [0.15, 0.2) is 5.82 Å². The average molecular weight is 185 g/mol. The molecule has 2 atom stereocenters. The monoisotopic (exact) mass is 185 g/mol. The summed E-state index contributed by atoms with van der Waals surface area (Å²) in [6.45, 7) is 3.75. The second-order valence-corrected chi connectivity index (χ2v) is 3.11. The van der Waals surface area contributed by atoms with Gasteiger partial charge in [-0.05, 0) is 13.8 Å². The molecule has 1 aromatic heterocycles. The van der Waals surface area contributed by atoms with Gasteiger partial charge in [-0.1, -0.05) is 5.16 Å². The third-order valence-corrected chi connectivity index (χ3v) is 1.69. The molecule has 13 heavy (non-hydrogen) atoms. The lowest BCUT2D eigenvalue weighted by Crippen LogP contribution is -2.18. The van der Waals surface area contributed by atoms with Crippen molar-refractivity contribution in [2.24, 2.45) is 5.73 Å². The lowest BCUT2D eigenvalue weighted by molar-refractivity contribution is 0.0886. The van der Waals surface area contributed by atoms with Crippen molar-refractivity contribution < 1.29 is 9.26 Å². The van der Waals surface area contributed by atoms with Gasteiger partial charge in [0.25, 0.3) is 5.89 Å². The number of rotatable bonds is 4. The maximum absolute atomic E-state index is 5.59. The summed E-state index contributed by atoms with van der Waals surface area (Å²) in [5, 5.41) is 3.78. The van der Waals surface area contributed by atoms with Crippen LogP contribution in [0, 0.1) is 0 Å². The SMILES string of the molecule is COC(C)c1nc(CC(C)N)no1. The van der Waals surface area contributed by atoms with Gasteiger partial charge < -0.3 is 15.0 Å². The first-order valence-electron chi connectivity index (χ1n) is 4.24. The quantitative estimate of drug-likeness (QED) is 0.746. The Labute approximate surface area is 77.3 Å². The molecule has 0 radical (unpaired) electrons. The maximum atomic E-state index is 5.59. The highest BCUT2D eigenvalue weighted by molar-refractivity contribution is 4.90. The zero-order chi connectivity index (χ0) is 9.84. The van der Waals surface area contributed by atoms with E-state index in [1.807, 2.05) is 13.8 Å². The Bertz CT molecular complexity index is 260. The van der Waals surface area contributed by atoms with E-state index < -0.39 is 0 Å². The van der Waals surface area contributed by atoms with Crippen LogP contribution < -0.4 is 5.73 Å². The molecule has 2 N–H and O–H groups in total. The number of ether oxygens (including phenoxy) is 1. The fourth-order valence-corrected chi connectivity index (χ4v) is 0.904. The highest BCUT2D eigenvalue weighted by Crippen LogP contribution is 2.12. The molecule has 0 aromatic carbocycles. The highest BCUT2D eigenvalue weighted by Gasteiger charge is 2.13. The second-order valence-electron chi connectivity index (χ2n) is 3.11. The van der Waals surface area contributed by atoms with E-state index in [2.05, 4.69) is 10.1 Å². The molecule has 0 aliphatic heterocycles. The van der Waals surface area contributed by atoms with E-state index in [1.165, 1.54) is 0 Å². The number of nitrogens with two attached hydrogens (primary N) is 1. The molecular weight excluding hydrogens is 170 g/mol. The zero-order valence-electron chi connectivity index (χ0n) is 8.15. The van der Waals surface area contributed by atoms with Gasteiger partial charge in [-0.2, -0.15) is 4.98 Å². The van der Waals surface area contributed by atoms with Crippen molar-refractivity contribution in [1.82, 2.24) is 10.1 Å². The van der Waals surface area contributed by atoms with Crippen LogP contribution in [0.1, 0.15) is 31.7 Å². The molecule has 0 amide bonds. The van der Waals surface area contributed by atoms with Crippen molar-refractivity contribution in [1.29, 1.82) is 0 Å². The van der Waals surface area contributed by atoms with Gasteiger partial charge in [-0.25, -0.2) is 0 Å². The Morgan fingerprint density at radius 3 is 2.77 bits per heavy atom. The number of nitrogens with zero attached hydrogens (tertiary/aromatic N) is 2. The van der Waals surface area contributed by atoms with Crippen LogP contribution in [0.3, 0.4) is 0 Å². The highest BCUT2D eigenvalue weighted by atomic mass is 16.5. The number of hydrogen-bond acceptors (Lipinski definition) is 5. The summed E-state index contributed by atoms with van der Waals surface area (Å²) in [5.41, 5.74) is 5.59. The van der Waals surface area contributed by atoms with Crippen LogP contribution in [0.5, 0.6) is 0 Å². The van der Waals surface area contributed by atoms with Crippen molar-refractivity contribution in [3.8, 4) is 0 Å². The van der Waals surface area contributed by atoms with Crippen LogP contribution >= 0.6 is 0 Å². The summed E-state index contributed by atoms with van der Waals surface area (Å²) < 4.78 is 10.0. The van der Waals surface area contributed by atoms with Crippen molar-refractivity contribution >= 4 is 0 Å². The average Bonchev–Trinajstić information content (AvgIpc) is 2.50. The van der Waals surface area contributed by atoms with Gasteiger partial charge in [-0.15, -0.1) is 0 Å². The largest absolute Gasteiger partial charge is 0.372 e. The predicted octanol–water partition coefficient (Wildman–Crippen LogP) is 0.667. The lowest BCUT2D eigenvalue weighted by Gasteiger charge is -2.01. The first-order chi connectivity index (χ1) is 6.13. The first kappa shape index (κ1) is 10.1. The lowest BCUT2D eigenvalue weighted by atomic mass is 10.2. The molecule has 2 unspecified atom stereocenters. The number of hydrogen-bond donors (Lipinski definition) is 1. The van der Waals surface area contributed by atoms with E-state index in [0.717, 1.165) is 0 Å². The normalized spacial score (nSPS) is 15.7. The van der Waals surface area contributed by atoms with Crippen LogP contribution in [-0.4, -0.2) is 23.3 Å². The van der Waals surface area contributed by atoms with E-state index in [4.69, 9.17) is 15.0 Å². The Morgan fingerprint density at radius 2 is 2.23 bits per heavy atom. The van der Waals surface area contributed by atoms with E-state index in [-0.39, 0.29) is 12.1 Å². The molecule has 5 heteroatoms. The Balaban J connectivity index is 2.63.